The summed E-state index contributed by atoms with van der Waals surface area (Å²) in [5.74, 6) is 0.524. The molecule has 0 aliphatic carbocycles. The molecule has 1 heterocycles. The average molecular weight is 513 g/mol. The third-order valence-electron chi connectivity index (χ3n) is 4.48. The Bertz CT molecular complexity index is 1200. The number of nitrogens with one attached hydrogen (secondary N) is 1. The van der Waals surface area contributed by atoms with Crippen molar-refractivity contribution in [3.63, 3.8) is 0 Å². The SMILES string of the molecule is COc1cc(/C=C2\SC(=Nc3ccccc3)NC2=O)cc(Br)c1OCc1ccc(F)cc1. The van der Waals surface area contributed by atoms with Crippen molar-refractivity contribution in [1.29, 1.82) is 0 Å². The maximum absolute atomic E-state index is 13.1. The van der Waals surface area contributed by atoms with E-state index in [0.29, 0.717) is 26.0 Å². The predicted octanol–water partition coefficient (Wildman–Crippen LogP) is 6.07. The number of nitrogens with zero attached hydrogens (tertiary/aromatic N) is 1. The van der Waals surface area contributed by atoms with Crippen LogP contribution >= 0.6 is 27.7 Å². The standard InChI is InChI=1S/C24H18BrFN2O3S/c1-30-20-12-16(11-19(25)22(20)31-14-15-7-9-17(26)10-8-15)13-21-23(29)28-24(32-21)27-18-5-3-2-4-6-18/h2-13H,14H2,1H3,(H,27,28,29)/b21-13-. The molecule has 0 radical (unpaired) electrons. The summed E-state index contributed by atoms with van der Waals surface area (Å²) in [7, 11) is 1.55. The van der Waals surface area contributed by atoms with Crippen LogP contribution in [-0.2, 0) is 11.4 Å². The van der Waals surface area contributed by atoms with Crippen molar-refractivity contribution in [3.8, 4) is 11.5 Å². The van der Waals surface area contributed by atoms with Gasteiger partial charge >= 0.3 is 0 Å². The lowest BCUT2D eigenvalue weighted by atomic mass is 10.2. The molecule has 8 heteroatoms. The number of amidine groups is 1. The molecule has 5 nitrogen and oxygen atoms in total. The highest BCUT2D eigenvalue weighted by molar-refractivity contribution is 9.10. The van der Waals surface area contributed by atoms with E-state index in [-0.39, 0.29) is 18.3 Å². The quantitative estimate of drug-likeness (QED) is 0.407. The van der Waals surface area contributed by atoms with Gasteiger partial charge in [-0.1, -0.05) is 30.3 Å². The second-order valence-electron chi connectivity index (χ2n) is 6.77. The van der Waals surface area contributed by atoms with Gasteiger partial charge in [0, 0.05) is 0 Å². The van der Waals surface area contributed by atoms with E-state index in [1.165, 1.54) is 23.9 Å². The van der Waals surface area contributed by atoms with Crippen LogP contribution in [0.25, 0.3) is 6.08 Å². The molecule has 1 aliphatic rings. The fourth-order valence-electron chi connectivity index (χ4n) is 2.95. The molecule has 1 aliphatic heterocycles. The first kappa shape index (κ1) is 22.1. The Hall–Kier alpha value is -3.10. The first-order valence-electron chi connectivity index (χ1n) is 9.61. The monoisotopic (exact) mass is 512 g/mol. The van der Waals surface area contributed by atoms with Gasteiger partial charge in [0.1, 0.15) is 12.4 Å². The van der Waals surface area contributed by atoms with Gasteiger partial charge in [-0.25, -0.2) is 9.38 Å². The zero-order chi connectivity index (χ0) is 22.5. The van der Waals surface area contributed by atoms with E-state index < -0.39 is 0 Å². The number of methoxy groups -OCH3 is 1. The van der Waals surface area contributed by atoms with Gasteiger partial charge in [0.25, 0.3) is 5.91 Å². The predicted molar refractivity (Wildman–Crippen MR) is 129 cm³/mol. The van der Waals surface area contributed by atoms with Crippen molar-refractivity contribution in [1.82, 2.24) is 5.32 Å². The lowest BCUT2D eigenvalue weighted by Crippen LogP contribution is -2.19. The van der Waals surface area contributed by atoms with Gasteiger partial charge in [0.05, 0.1) is 22.2 Å². The van der Waals surface area contributed by atoms with Gasteiger partial charge in [-0.2, -0.15) is 0 Å². The van der Waals surface area contributed by atoms with E-state index in [4.69, 9.17) is 9.47 Å². The van der Waals surface area contributed by atoms with Crippen molar-refractivity contribution in [2.75, 3.05) is 7.11 Å². The van der Waals surface area contributed by atoms with E-state index in [0.717, 1.165) is 16.8 Å². The Kier molecular flexibility index (Phi) is 6.92. The molecule has 0 spiro atoms. The Balaban J connectivity index is 1.53. The van der Waals surface area contributed by atoms with Crippen molar-refractivity contribution in [2.45, 2.75) is 6.61 Å². The highest BCUT2D eigenvalue weighted by atomic mass is 79.9. The number of halogens is 2. The summed E-state index contributed by atoms with van der Waals surface area (Å²) in [6.45, 7) is 0.257. The zero-order valence-electron chi connectivity index (χ0n) is 17.0. The van der Waals surface area contributed by atoms with Gasteiger partial charge in [0.15, 0.2) is 16.7 Å². The summed E-state index contributed by atoms with van der Waals surface area (Å²) in [6.07, 6.45) is 1.77. The molecule has 1 amide bonds. The van der Waals surface area contributed by atoms with Crippen molar-refractivity contribution >= 4 is 50.5 Å². The lowest BCUT2D eigenvalue weighted by Gasteiger charge is -2.14. The number of amides is 1. The van der Waals surface area contributed by atoms with Crippen LogP contribution in [0.3, 0.4) is 0 Å². The second kappa shape index (κ2) is 10.0. The fraction of sp³-hybridized carbons (Fsp3) is 0.0833. The summed E-state index contributed by atoms with van der Waals surface area (Å²) in [6, 6.07) is 19.2. The first-order chi connectivity index (χ1) is 15.5. The van der Waals surface area contributed by atoms with E-state index in [2.05, 4.69) is 26.2 Å². The molecule has 0 atom stereocenters. The summed E-state index contributed by atoms with van der Waals surface area (Å²) < 4.78 is 25.2. The minimum atomic E-state index is -0.296. The molecule has 0 bridgehead atoms. The molecule has 1 saturated heterocycles. The third-order valence-corrected chi connectivity index (χ3v) is 5.98. The van der Waals surface area contributed by atoms with Gasteiger partial charge in [0.2, 0.25) is 0 Å². The number of rotatable bonds is 6. The van der Waals surface area contributed by atoms with Crippen LogP contribution in [0.4, 0.5) is 10.1 Å². The molecule has 0 saturated carbocycles. The average Bonchev–Trinajstić information content (AvgIpc) is 3.12. The molecule has 162 valence electrons. The number of hydrogen-bond acceptors (Lipinski definition) is 5. The van der Waals surface area contributed by atoms with Crippen LogP contribution in [0.5, 0.6) is 11.5 Å². The maximum atomic E-state index is 13.1. The topological polar surface area (TPSA) is 59.9 Å². The minimum Gasteiger partial charge on any atom is -0.493 e. The van der Waals surface area contributed by atoms with Gasteiger partial charge < -0.3 is 14.8 Å². The maximum Gasteiger partial charge on any atom is 0.264 e. The van der Waals surface area contributed by atoms with Gasteiger partial charge in [-0.15, -0.1) is 0 Å². The third kappa shape index (κ3) is 5.38. The number of para-hydroxylation sites is 1. The van der Waals surface area contributed by atoms with Crippen LogP contribution in [0.15, 0.2) is 81.1 Å². The molecule has 4 rings (SSSR count). The molecular weight excluding hydrogens is 495 g/mol. The fourth-order valence-corrected chi connectivity index (χ4v) is 4.37. The molecular formula is C24H18BrFN2O3S. The Morgan fingerprint density at radius 3 is 2.59 bits per heavy atom. The first-order valence-corrected chi connectivity index (χ1v) is 11.2. The Morgan fingerprint density at radius 2 is 1.88 bits per heavy atom. The number of benzene rings is 3. The number of thioether (sulfide) groups is 1. The van der Waals surface area contributed by atoms with E-state index >= 15 is 0 Å². The van der Waals surface area contributed by atoms with Crippen molar-refractivity contribution in [2.24, 2.45) is 4.99 Å². The van der Waals surface area contributed by atoms with Crippen LogP contribution in [0.2, 0.25) is 0 Å². The largest absolute Gasteiger partial charge is 0.493 e. The van der Waals surface area contributed by atoms with Crippen LogP contribution in [0, 0.1) is 5.82 Å². The van der Waals surface area contributed by atoms with Gasteiger partial charge in [-0.3, -0.25) is 4.79 Å². The van der Waals surface area contributed by atoms with Crippen molar-refractivity contribution < 1.29 is 18.7 Å². The van der Waals surface area contributed by atoms with E-state index in [1.54, 1.807) is 31.4 Å². The summed E-state index contributed by atoms with van der Waals surface area (Å²) >= 11 is 4.79. The zero-order valence-corrected chi connectivity index (χ0v) is 19.4. The Morgan fingerprint density at radius 1 is 1.12 bits per heavy atom. The highest BCUT2D eigenvalue weighted by Gasteiger charge is 2.24. The molecule has 3 aromatic rings. The summed E-state index contributed by atoms with van der Waals surface area (Å²) in [5, 5.41) is 3.31. The minimum absolute atomic E-state index is 0.212. The molecule has 1 N–H and O–H groups in total. The van der Waals surface area contributed by atoms with E-state index in [1.807, 2.05) is 36.4 Å². The molecule has 1 fully saturated rings. The van der Waals surface area contributed by atoms with Crippen LogP contribution < -0.4 is 14.8 Å². The smallest absolute Gasteiger partial charge is 0.264 e. The second-order valence-corrected chi connectivity index (χ2v) is 8.65. The number of carbonyl (C=O) groups excluding carboxylic acids is 1. The molecule has 32 heavy (non-hydrogen) atoms. The van der Waals surface area contributed by atoms with Gasteiger partial charge in [-0.05, 0) is 81.3 Å². The summed E-state index contributed by atoms with van der Waals surface area (Å²) in [5.41, 5.74) is 2.36. The van der Waals surface area contributed by atoms with Crippen LogP contribution in [0.1, 0.15) is 11.1 Å². The number of carbonyl (C=O) groups is 1. The lowest BCUT2D eigenvalue weighted by molar-refractivity contribution is -0.115. The molecule has 0 aromatic heterocycles. The van der Waals surface area contributed by atoms with Crippen molar-refractivity contribution in [3.05, 3.63) is 93.1 Å². The number of ether oxygens (including phenoxy) is 2. The normalized spacial score (nSPS) is 15.8. The highest BCUT2D eigenvalue weighted by Crippen LogP contribution is 2.38. The molecule has 3 aromatic carbocycles. The molecule has 0 unspecified atom stereocenters. The van der Waals surface area contributed by atoms with E-state index in [9.17, 15) is 9.18 Å². The number of aliphatic imine (C=N–C) groups is 1. The Labute approximate surface area is 197 Å². The number of hydrogen-bond donors (Lipinski definition) is 1. The summed E-state index contributed by atoms with van der Waals surface area (Å²) in [4.78, 5) is 17.4. The van der Waals surface area contributed by atoms with Crippen LogP contribution in [-0.4, -0.2) is 18.2 Å².